The highest BCUT2D eigenvalue weighted by atomic mass is 35.5. The predicted molar refractivity (Wildman–Crippen MR) is 75.0 cm³/mol. The number of hydrogen-bond acceptors (Lipinski definition) is 4. The second-order valence-corrected chi connectivity index (χ2v) is 5.89. The number of rotatable bonds is 2. The van der Waals surface area contributed by atoms with Gasteiger partial charge >= 0.3 is 0 Å². The van der Waals surface area contributed by atoms with Crippen LogP contribution in [0.1, 0.15) is 26.0 Å². The van der Waals surface area contributed by atoms with Crippen LogP contribution in [0.2, 0.25) is 5.02 Å². The maximum Gasteiger partial charge on any atom is 0.178 e. The molecule has 1 aliphatic rings. The van der Waals surface area contributed by atoms with E-state index in [-0.39, 0.29) is 11.4 Å². The number of pyridine rings is 1. The molecular weight excluding hydrogens is 276 g/mol. The Balaban J connectivity index is 2.68. The van der Waals surface area contributed by atoms with Crippen LogP contribution in [0.25, 0.3) is 0 Å². The standard InChI is InChI=1S/C15H15ClN2O2/c1-14(2)9-15(20-3,7-10(8-17)13(14)19)12-11(16)5-4-6-18-12/h4-7H,9H2,1-3H3. The molecule has 5 heteroatoms. The van der Waals surface area contributed by atoms with E-state index in [0.717, 1.165) is 0 Å². The van der Waals surface area contributed by atoms with Crippen LogP contribution in [0, 0.1) is 16.7 Å². The van der Waals surface area contributed by atoms with E-state index < -0.39 is 11.0 Å². The number of ketones is 1. The van der Waals surface area contributed by atoms with Gasteiger partial charge in [0.2, 0.25) is 0 Å². The van der Waals surface area contributed by atoms with E-state index in [2.05, 4.69) is 4.98 Å². The minimum atomic E-state index is -0.958. The molecule has 0 saturated carbocycles. The highest BCUT2D eigenvalue weighted by Gasteiger charge is 2.47. The van der Waals surface area contributed by atoms with Crippen molar-refractivity contribution in [2.45, 2.75) is 25.9 Å². The molecule has 0 spiro atoms. The van der Waals surface area contributed by atoms with E-state index in [4.69, 9.17) is 16.3 Å². The number of halogens is 1. The summed E-state index contributed by atoms with van der Waals surface area (Å²) in [4.78, 5) is 16.5. The second kappa shape index (κ2) is 5.01. The molecule has 0 radical (unpaired) electrons. The van der Waals surface area contributed by atoms with Crippen LogP contribution in [0.15, 0.2) is 30.0 Å². The van der Waals surface area contributed by atoms with E-state index in [0.29, 0.717) is 17.1 Å². The first-order valence-corrected chi connectivity index (χ1v) is 6.58. The maximum atomic E-state index is 12.2. The van der Waals surface area contributed by atoms with Gasteiger partial charge in [-0.2, -0.15) is 5.26 Å². The largest absolute Gasteiger partial charge is 0.368 e. The van der Waals surface area contributed by atoms with E-state index in [9.17, 15) is 10.1 Å². The molecule has 1 aromatic rings. The molecule has 1 aliphatic carbocycles. The van der Waals surface area contributed by atoms with Crippen LogP contribution >= 0.6 is 11.6 Å². The van der Waals surface area contributed by atoms with Crippen molar-refractivity contribution >= 4 is 17.4 Å². The molecule has 1 unspecified atom stereocenters. The summed E-state index contributed by atoms with van der Waals surface area (Å²) < 4.78 is 5.64. The average Bonchev–Trinajstić information content (AvgIpc) is 2.42. The monoisotopic (exact) mass is 290 g/mol. The Hall–Kier alpha value is -1.70. The lowest BCUT2D eigenvalue weighted by molar-refractivity contribution is -0.128. The van der Waals surface area contributed by atoms with Gasteiger partial charge in [-0.05, 0) is 24.6 Å². The number of Topliss-reactive ketones (excluding diaryl/α,β-unsaturated/α-hetero) is 1. The molecule has 104 valence electrons. The first-order chi connectivity index (χ1) is 9.36. The van der Waals surface area contributed by atoms with Crippen molar-refractivity contribution in [3.05, 3.63) is 40.7 Å². The minimum absolute atomic E-state index is 0.0878. The molecule has 1 aromatic heterocycles. The molecule has 4 nitrogen and oxygen atoms in total. The number of carbonyl (C=O) groups excluding carboxylic acids is 1. The highest BCUT2D eigenvalue weighted by Crippen LogP contribution is 2.46. The summed E-state index contributed by atoms with van der Waals surface area (Å²) in [5.74, 6) is -0.181. The third-order valence-electron chi connectivity index (χ3n) is 3.59. The molecule has 2 rings (SSSR count). The number of allylic oxidation sites excluding steroid dienone is 1. The third-order valence-corrected chi connectivity index (χ3v) is 3.89. The fourth-order valence-corrected chi connectivity index (χ4v) is 2.89. The molecule has 0 amide bonds. The van der Waals surface area contributed by atoms with E-state index in [1.807, 2.05) is 6.07 Å². The van der Waals surface area contributed by atoms with Gasteiger partial charge in [0.25, 0.3) is 0 Å². The zero-order chi connectivity index (χ0) is 15.0. The van der Waals surface area contributed by atoms with Gasteiger partial charge in [0, 0.05) is 18.7 Å². The Labute approximate surface area is 123 Å². The smallest absolute Gasteiger partial charge is 0.178 e. The van der Waals surface area contributed by atoms with Gasteiger partial charge in [0.15, 0.2) is 5.78 Å². The van der Waals surface area contributed by atoms with Gasteiger partial charge in [-0.3, -0.25) is 9.78 Å². The summed E-state index contributed by atoms with van der Waals surface area (Å²) in [5.41, 5.74) is -1.06. The lowest BCUT2D eigenvalue weighted by Gasteiger charge is -2.40. The zero-order valence-corrected chi connectivity index (χ0v) is 12.4. The number of methoxy groups -OCH3 is 1. The summed E-state index contributed by atoms with van der Waals surface area (Å²) in [5, 5.41) is 9.64. The Kier molecular flexibility index (Phi) is 3.68. The molecule has 20 heavy (non-hydrogen) atoms. The molecule has 0 N–H and O–H groups in total. The summed E-state index contributed by atoms with van der Waals surface area (Å²) >= 11 is 6.21. The van der Waals surface area contributed by atoms with Crippen LogP contribution in [0.4, 0.5) is 0 Å². The van der Waals surface area contributed by atoms with Gasteiger partial charge in [-0.15, -0.1) is 0 Å². The summed E-state index contributed by atoms with van der Waals surface area (Å²) in [6, 6.07) is 5.39. The first-order valence-electron chi connectivity index (χ1n) is 6.20. The lowest BCUT2D eigenvalue weighted by Crippen LogP contribution is -2.42. The number of carbonyl (C=O) groups is 1. The van der Waals surface area contributed by atoms with Crippen LogP contribution in [0.5, 0.6) is 0 Å². The van der Waals surface area contributed by atoms with Crippen molar-refractivity contribution in [1.82, 2.24) is 4.98 Å². The van der Waals surface area contributed by atoms with Crippen molar-refractivity contribution in [2.24, 2.45) is 5.41 Å². The van der Waals surface area contributed by atoms with Crippen LogP contribution < -0.4 is 0 Å². The molecule has 0 fully saturated rings. The van der Waals surface area contributed by atoms with Gasteiger partial charge < -0.3 is 4.74 Å². The molecule has 0 aliphatic heterocycles. The van der Waals surface area contributed by atoms with Gasteiger partial charge in [-0.25, -0.2) is 0 Å². The molecule has 0 bridgehead atoms. The molecule has 0 saturated heterocycles. The highest BCUT2D eigenvalue weighted by molar-refractivity contribution is 6.31. The van der Waals surface area contributed by atoms with Crippen molar-refractivity contribution in [2.75, 3.05) is 7.11 Å². The number of nitriles is 1. The predicted octanol–water partition coefficient (Wildman–Crippen LogP) is 3.03. The summed E-state index contributed by atoms with van der Waals surface area (Å²) in [7, 11) is 1.53. The first kappa shape index (κ1) is 14.7. The SMILES string of the molecule is COC1(c2ncccc2Cl)C=C(C#N)C(=O)C(C)(C)C1. The Bertz CT molecular complexity index is 631. The van der Waals surface area contributed by atoms with Crippen LogP contribution in [-0.4, -0.2) is 17.9 Å². The number of aromatic nitrogens is 1. The van der Waals surface area contributed by atoms with Gasteiger partial charge in [0.05, 0.1) is 16.3 Å². The van der Waals surface area contributed by atoms with Gasteiger partial charge in [-0.1, -0.05) is 25.4 Å². The molecule has 1 heterocycles. The topological polar surface area (TPSA) is 63.0 Å². The zero-order valence-electron chi connectivity index (χ0n) is 11.6. The molecule has 1 atom stereocenters. The number of ether oxygens (including phenoxy) is 1. The van der Waals surface area contributed by atoms with Crippen molar-refractivity contribution in [1.29, 1.82) is 5.26 Å². The van der Waals surface area contributed by atoms with Crippen molar-refractivity contribution < 1.29 is 9.53 Å². The van der Waals surface area contributed by atoms with E-state index in [1.54, 1.807) is 32.2 Å². The molecule has 0 aromatic carbocycles. The molecular formula is C15H15ClN2O2. The Morgan fingerprint density at radius 2 is 2.20 bits per heavy atom. The second-order valence-electron chi connectivity index (χ2n) is 5.49. The summed E-state index contributed by atoms with van der Waals surface area (Å²) in [6.45, 7) is 3.59. The Morgan fingerprint density at radius 3 is 2.75 bits per heavy atom. The van der Waals surface area contributed by atoms with Crippen LogP contribution in [-0.2, 0) is 15.1 Å². The normalized spacial score (nSPS) is 24.9. The summed E-state index contributed by atoms with van der Waals surface area (Å²) in [6.07, 6.45) is 3.54. The minimum Gasteiger partial charge on any atom is -0.368 e. The van der Waals surface area contributed by atoms with Crippen molar-refractivity contribution in [3.8, 4) is 6.07 Å². The van der Waals surface area contributed by atoms with E-state index in [1.165, 1.54) is 13.2 Å². The quantitative estimate of drug-likeness (QED) is 0.840. The van der Waals surface area contributed by atoms with E-state index >= 15 is 0 Å². The van der Waals surface area contributed by atoms with Crippen molar-refractivity contribution in [3.63, 3.8) is 0 Å². The number of hydrogen-bond donors (Lipinski definition) is 0. The average molecular weight is 291 g/mol. The fraction of sp³-hybridized carbons (Fsp3) is 0.400. The van der Waals surface area contributed by atoms with Gasteiger partial charge in [0.1, 0.15) is 11.7 Å². The Morgan fingerprint density at radius 1 is 1.50 bits per heavy atom. The lowest BCUT2D eigenvalue weighted by atomic mass is 9.68. The fourth-order valence-electron chi connectivity index (χ4n) is 2.61. The number of nitrogens with zero attached hydrogens (tertiary/aromatic N) is 2. The van der Waals surface area contributed by atoms with Crippen LogP contribution in [0.3, 0.4) is 0 Å². The third kappa shape index (κ3) is 2.24. The maximum absolute atomic E-state index is 12.2.